The molecule has 1 atom stereocenters. The molecular formula is C16H21N3OS2. The third-order valence-corrected chi connectivity index (χ3v) is 6.56. The lowest BCUT2D eigenvalue weighted by atomic mass is 9.97. The predicted octanol–water partition coefficient (Wildman–Crippen LogP) is 3.93. The average Bonchev–Trinajstić information content (AvgIpc) is 3.07. The van der Waals surface area contributed by atoms with E-state index in [-0.39, 0.29) is 11.9 Å². The zero-order chi connectivity index (χ0) is 15.9. The largest absolute Gasteiger partial charge is 0.333 e. The summed E-state index contributed by atoms with van der Waals surface area (Å²) in [7, 11) is 1.92. The maximum Gasteiger partial charge on any atom is 0.266 e. The molecule has 0 unspecified atom stereocenters. The fourth-order valence-electron chi connectivity index (χ4n) is 3.00. The van der Waals surface area contributed by atoms with Gasteiger partial charge in [-0.15, -0.1) is 22.7 Å². The summed E-state index contributed by atoms with van der Waals surface area (Å²) in [6.07, 6.45) is 4.14. The molecule has 2 aromatic heterocycles. The average molecular weight is 335 g/mol. The van der Waals surface area contributed by atoms with Gasteiger partial charge in [-0.3, -0.25) is 4.79 Å². The summed E-state index contributed by atoms with van der Waals surface area (Å²) in [5, 5.41) is 2.13. The van der Waals surface area contributed by atoms with Gasteiger partial charge in [-0.2, -0.15) is 0 Å². The van der Waals surface area contributed by atoms with Crippen LogP contribution in [0.4, 0.5) is 0 Å². The molecule has 0 bridgehead atoms. The zero-order valence-corrected chi connectivity index (χ0v) is 15.1. The molecule has 0 spiro atoms. The van der Waals surface area contributed by atoms with Crippen molar-refractivity contribution in [3.05, 3.63) is 31.2 Å². The van der Waals surface area contributed by atoms with Gasteiger partial charge < -0.3 is 4.90 Å². The van der Waals surface area contributed by atoms with E-state index in [0.717, 1.165) is 41.3 Å². The number of aromatic nitrogens is 2. The Labute approximate surface area is 139 Å². The summed E-state index contributed by atoms with van der Waals surface area (Å²) >= 11 is 3.27. The minimum Gasteiger partial charge on any atom is -0.333 e. The number of aryl methyl sites for hydroxylation is 4. The predicted molar refractivity (Wildman–Crippen MR) is 90.9 cm³/mol. The summed E-state index contributed by atoms with van der Waals surface area (Å²) in [6, 6.07) is 0.163. The number of carbonyl (C=O) groups excluding carboxylic acids is 1. The first-order chi connectivity index (χ1) is 10.5. The van der Waals surface area contributed by atoms with Crippen LogP contribution in [0.3, 0.4) is 0 Å². The Hall–Kier alpha value is -1.27. The minimum atomic E-state index is 0.0902. The smallest absolute Gasteiger partial charge is 0.266 e. The molecule has 118 valence electrons. The van der Waals surface area contributed by atoms with Gasteiger partial charge in [0, 0.05) is 7.05 Å². The van der Waals surface area contributed by atoms with E-state index in [9.17, 15) is 4.79 Å². The highest BCUT2D eigenvalue weighted by Crippen LogP contribution is 2.38. The number of fused-ring (bicyclic) bond motifs is 1. The van der Waals surface area contributed by atoms with E-state index in [1.165, 1.54) is 26.9 Å². The second kappa shape index (κ2) is 6.08. The van der Waals surface area contributed by atoms with Gasteiger partial charge >= 0.3 is 0 Å². The lowest BCUT2D eigenvalue weighted by molar-refractivity contribution is 0.0722. The maximum atomic E-state index is 12.8. The molecule has 1 aliphatic rings. The second-order valence-corrected chi connectivity index (χ2v) is 8.06. The Bertz CT molecular complexity index is 704. The highest BCUT2D eigenvalue weighted by molar-refractivity contribution is 7.13. The molecule has 0 saturated carbocycles. The first-order valence-corrected chi connectivity index (χ1v) is 9.34. The molecule has 6 heteroatoms. The summed E-state index contributed by atoms with van der Waals surface area (Å²) in [5.74, 6) is 0.0902. The number of hydrogen-bond acceptors (Lipinski definition) is 5. The number of thiazole rings is 2. The van der Waals surface area contributed by atoms with E-state index in [4.69, 9.17) is 4.98 Å². The van der Waals surface area contributed by atoms with Crippen LogP contribution in [0.15, 0.2) is 0 Å². The van der Waals surface area contributed by atoms with Crippen molar-refractivity contribution < 1.29 is 4.79 Å². The Morgan fingerprint density at radius 2 is 2.09 bits per heavy atom. The number of rotatable bonds is 3. The van der Waals surface area contributed by atoms with E-state index in [0.29, 0.717) is 0 Å². The van der Waals surface area contributed by atoms with Crippen LogP contribution in [0.1, 0.15) is 61.8 Å². The highest BCUT2D eigenvalue weighted by Gasteiger charge is 2.31. The fourth-order valence-corrected chi connectivity index (χ4v) is 5.13. The van der Waals surface area contributed by atoms with Gasteiger partial charge in [0.1, 0.15) is 4.88 Å². The normalized spacial score (nSPS) is 17.4. The van der Waals surface area contributed by atoms with E-state index in [1.807, 2.05) is 25.8 Å². The Morgan fingerprint density at radius 1 is 1.32 bits per heavy atom. The highest BCUT2D eigenvalue weighted by atomic mass is 32.1. The molecule has 0 radical (unpaired) electrons. The lowest BCUT2D eigenvalue weighted by Crippen LogP contribution is -2.32. The quantitative estimate of drug-likeness (QED) is 0.854. The summed E-state index contributed by atoms with van der Waals surface area (Å²) in [4.78, 5) is 25.9. The molecule has 0 N–H and O–H groups in total. The van der Waals surface area contributed by atoms with Gasteiger partial charge in [0.15, 0.2) is 0 Å². The van der Waals surface area contributed by atoms with Crippen molar-refractivity contribution in [2.45, 2.75) is 52.5 Å². The van der Waals surface area contributed by atoms with Crippen LogP contribution in [-0.2, 0) is 12.8 Å². The number of nitrogens with zero attached hydrogens (tertiary/aromatic N) is 3. The van der Waals surface area contributed by atoms with E-state index in [1.54, 1.807) is 11.3 Å². The lowest BCUT2D eigenvalue weighted by Gasteiger charge is -2.30. The van der Waals surface area contributed by atoms with Gasteiger partial charge in [-0.05, 0) is 39.5 Å². The number of carbonyl (C=O) groups is 1. The summed E-state index contributed by atoms with van der Waals surface area (Å²) in [6.45, 7) is 6.00. The van der Waals surface area contributed by atoms with Crippen LogP contribution in [0.25, 0.3) is 0 Å². The van der Waals surface area contributed by atoms with Crippen molar-refractivity contribution in [1.29, 1.82) is 0 Å². The van der Waals surface area contributed by atoms with Crippen molar-refractivity contribution in [1.82, 2.24) is 14.9 Å². The molecule has 0 aliphatic heterocycles. The molecule has 1 aliphatic carbocycles. The van der Waals surface area contributed by atoms with Crippen LogP contribution in [-0.4, -0.2) is 27.8 Å². The molecule has 2 heterocycles. The van der Waals surface area contributed by atoms with Crippen molar-refractivity contribution in [2.75, 3.05) is 7.05 Å². The maximum absolute atomic E-state index is 12.8. The van der Waals surface area contributed by atoms with Crippen molar-refractivity contribution >= 4 is 28.6 Å². The molecule has 22 heavy (non-hydrogen) atoms. The first kappa shape index (κ1) is 15.6. The molecule has 0 aromatic carbocycles. The van der Waals surface area contributed by atoms with Crippen LogP contribution in [0.5, 0.6) is 0 Å². The topological polar surface area (TPSA) is 46.1 Å². The Morgan fingerprint density at radius 3 is 2.73 bits per heavy atom. The summed E-state index contributed by atoms with van der Waals surface area (Å²) in [5.41, 5.74) is 2.05. The minimum absolute atomic E-state index is 0.0902. The third kappa shape index (κ3) is 2.70. The molecule has 0 saturated heterocycles. The van der Waals surface area contributed by atoms with Crippen LogP contribution in [0, 0.1) is 13.8 Å². The first-order valence-electron chi connectivity index (χ1n) is 7.71. The molecule has 3 rings (SSSR count). The van der Waals surface area contributed by atoms with Gasteiger partial charge in [0.25, 0.3) is 5.91 Å². The van der Waals surface area contributed by atoms with Crippen molar-refractivity contribution in [2.24, 2.45) is 0 Å². The SMILES string of the molecule is CCc1nc2c(s1)[C@H](N(C)C(=O)c1sc(C)nc1C)CCC2. The van der Waals surface area contributed by atoms with Crippen LogP contribution >= 0.6 is 22.7 Å². The standard InChI is InChI=1S/C16H21N3OS2/c1-5-13-18-11-7-6-8-12(15(11)22-13)19(4)16(20)14-9(2)17-10(3)21-14/h12H,5-8H2,1-4H3/t12-/m1/s1. The molecule has 4 nitrogen and oxygen atoms in total. The van der Waals surface area contributed by atoms with Gasteiger partial charge in [-0.1, -0.05) is 6.92 Å². The van der Waals surface area contributed by atoms with Gasteiger partial charge in [0.2, 0.25) is 0 Å². The van der Waals surface area contributed by atoms with Gasteiger partial charge in [-0.25, -0.2) is 9.97 Å². The van der Waals surface area contributed by atoms with E-state index >= 15 is 0 Å². The fraction of sp³-hybridized carbons (Fsp3) is 0.562. The van der Waals surface area contributed by atoms with E-state index < -0.39 is 0 Å². The second-order valence-electron chi connectivity index (χ2n) is 5.74. The summed E-state index contributed by atoms with van der Waals surface area (Å²) < 4.78 is 0. The number of amides is 1. The monoisotopic (exact) mass is 335 g/mol. The molecule has 0 fully saturated rings. The Kier molecular flexibility index (Phi) is 4.32. The van der Waals surface area contributed by atoms with E-state index in [2.05, 4.69) is 11.9 Å². The molecule has 1 amide bonds. The van der Waals surface area contributed by atoms with Crippen molar-refractivity contribution in [3.63, 3.8) is 0 Å². The number of hydrogen-bond donors (Lipinski definition) is 0. The third-order valence-electron chi connectivity index (χ3n) is 4.15. The zero-order valence-electron chi connectivity index (χ0n) is 13.5. The van der Waals surface area contributed by atoms with Crippen LogP contribution < -0.4 is 0 Å². The van der Waals surface area contributed by atoms with Crippen molar-refractivity contribution in [3.8, 4) is 0 Å². The molecular weight excluding hydrogens is 314 g/mol. The van der Waals surface area contributed by atoms with Crippen LogP contribution in [0.2, 0.25) is 0 Å². The van der Waals surface area contributed by atoms with Gasteiger partial charge in [0.05, 0.1) is 32.3 Å². The Balaban J connectivity index is 1.90. The molecule has 2 aromatic rings.